The summed E-state index contributed by atoms with van der Waals surface area (Å²) in [4.78, 5) is 23.8. The van der Waals surface area contributed by atoms with Crippen molar-refractivity contribution in [1.29, 1.82) is 5.26 Å². The number of nitriles is 1. The van der Waals surface area contributed by atoms with E-state index in [1.54, 1.807) is 55.5 Å². The minimum atomic E-state index is -0.815. The summed E-state index contributed by atoms with van der Waals surface area (Å²) < 4.78 is 0. The van der Waals surface area contributed by atoms with Gasteiger partial charge in [-0.3, -0.25) is 9.59 Å². The van der Waals surface area contributed by atoms with Gasteiger partial charge >= 0.3 is 0 Å². The van der Waals surface area contributed by atoms with E-state index in [0.717, 1.165) is 0 Å². The Bertz CT molecular complexity index is 799. The average Bonchev–Trinajstić information content (AvgIpc) is 2.59. The maximum absolute atomic E-state index is 12.4. The zero-order valence-electron chi connectivity index (χ0n) is 13.0. The number of hydrogen-bond acceptors (Lipinski definition) is 3. The van der Waals surface area contributed by atoms with E-state index in [0.29, 0.717) is 28.3 Å². The van der Waals surface area contributed by atoms with Gasteiger partial charge in [0.25, 0.3) is 5.91 Å². The number of halogens is 1. The lowest BCUT2D eigenvalue weighted by Crippen LogP contribution is -2.27. The number of nitrogens with zero attached hydrogens (tertiary/aromatic N) is 1. The summed E-state index contributed by atoms with van der Waals surface area (Å²) in [6.07, 6.45) is 0.349. The number of amides is 2. The van der Waals surface area contributed by atoms with Crippen LogP contribution in [0.15, 0.2) is 48.5 Å². The van der Waals surface area contributed by atoms with Crippen LogP contribution in [-0.4, -0.2) is 11.8 Å². The molecule has 0 aliphatic heterocycles. The molecule has 2 aromatic rings. The Kier molecular flexibility index (Phi) is 5.94. The summed E-state index contributed by atoms with van der Waals surface area (Å²) in [5, 5.41) is 15.1. The van der Waals surface area contributed by atoms with E-state index in [1.165, 1.54) is 0 Å². The molecule has 0 fully saturated rings. The van der Waals surface area contributed by atoms with Crippen molar-refractivity contribution in [3.05, 3.63) is 64.7 Å². The lowest BCUT2D eigenvalue weighted by atomic mass is 10.1. The van der Waals surface area contributed by atoms with E-state index in [-0.39, 0.29) is 5.91 Å². The monoisotopic (exact) mass is 341 g/mol. The highest BCUT2D eigenvalue weighted by molar-refractivity contribution is 6.30. The van der Waals surface area contributed by atoms with Crippen molar-refractivity contribution in [1.82, 2.24) is 5.32 Å². The van der Waals surface area contributed by atoms with Crippen LogP contribution in [0.1, 0.15) is 35.3 Å². The van der Waals surface area contributed by atoms with Crippen molar-refractivity contribution in [2.75, 3.05) is 5.32 Å². The van der Waals surface area contributed by atoms with E-state index >= 15 is 0 Å². The van der Waals surface area contributed by atoms with Crippen LogP contribution in [0, 0.1) is 11.3 Å². The van der Waals surface area contributed by atoms with Crippen LogP contribution in [0.4, 0.5) is 5.69 Å². The highest BCUT2D eigenvalue weighted by Crippen LogP contribution is 2.18. The molecule has 0 saturated heterocycles. The number of rotatable bonds is 5. The van der Waals surface area contributed by atoms with Gasteiger partial charge in [-0.25, -0.2) is 0 Å². The van der Waals surface area contributed by atoms with E-state index in [1.807, 2.05) is 6.07 Å². The minimum absolute atomic E-state index is 0.138. The molecule has 5 nitrogen and oxygen atoms in total. The Balaban J connectivity index is 2.15. The summed E-state index contributed by atoms with van der Waals surface area (Å²) in [5.74, 6) is -0.546. The zero-order valence-corrected chi connectivity index (χ0v) is 13.8. The maximum Gasteiger partial charge on any atom is 0.252 e. The fourth-order valence-corrected chi connectivity index (χ4v) is 2.28. The van der Waals surface area contributed by atoms with Gasteiger partial charge in [-0.2, -0.15) is 5.26 Å². The number of benzene rings is 2. The molecular formula is C18H16ClN3O2. The first-order valence-electron chi connectivity index (χ1n) is 7.39. The van der Waals surface area contributed by atoms with Crippen LogP contribution >= 0.6 is 11.6 Å². The molecule has 0 spiro atoms. The standard InChI is InChI=1S/C18H16ClN3O2/c1-2-17(23)21-15-8-4-6-13(10-15)18(24)22-16(11-20)12-5-3-7-14(19)9-12/h3-10,16H,2H2,1H3,(H,21,23)(H,22,24)/t16-/m1/s1. The normalized spacial score (nSPS) is 11.2. The molecule has 24 heavy (non-hydrogen) atoms. The van der Waals surface area contributed by atoms with E-state index in [4.69, 9.17) is 11.6 Å². The Hall–Kier alpha value is -2.84. The molecule has 2 aromatic carbocycles. The molecule has 0 aliphatic carbocycles. The van der Waals surface area contributed by atoms with Gasteiger partial charge in [-0.15, -0.1) is 0 Å². The predicted molar refractivity (Wildman–Crippen MR) is 92.6 cm³/mol. The molecule has 2 N–H and O–H groups in total. The quantitative estimate of drug-likeness (QED) is 0.870. The van der Waals surface area contributed by atoms with E-state index in [2.05, 4.69) is 10.6 Å². The molecule has 0 radical (unpaired) electrons. The van der Waals surface area contributed by atoms with Crippen molar-refractivity contribution in [3.8, 4) is 6.07 Å². The molecule has 0 bridgehead atoms. The second-order valence-corrected chi connectivity index (χ2v) is 5.51. The van der Waals surface area contributed by atoms with Crippen LogP contribution in [0.2, 0.25) is 5.02 Å². The second kappa shape index (κ2) is 8.14. The van der Waals surface area contributed by atoms with Gasteiger partial charge < -0.3 is 10.6 Å². The van der Waals surface area contributed by atoms with Gasteiger partial charge in [0.05, 0.1) is 6.07 Å². The van der Waals surface area contributed by atoms with Crippen LogP contribution in [0.5, 0.6) is 0 Å². The lowest BCUT2D eigenvalue weighted by Gasteiger charge is -2.13. The molecular weight excluding hydrogens is 326 g/mol. The number of anilines is 1. The predicted octanol–water partition coefficient (Wildman–Crippen LogP) is 3.68. The van der Waals surface area contributed by atoms with Crippen molar-refractivity contribution < 1.29 is 9.59 Å². The molecule has 0 aliphatic rings. The lowest BCUT2D eigenvalue weighted by molar-refractivity contribution is -0.115. The van der Waals surface area contributed by atoms with Gasteiger partial charge in [0.2, 0.25) is 5.91 Å². The minimum Gasteiger partial charge on any atom is -0.332 e. The molecule has 0 heterocycles. The van der Waals surface area contributed by atoms with Crippen molar-refractivity contribution in [2.24, 2.45) is 0 Å². The van der Waals surface area contributed by atoms with Gasteiger partial charge in [-0.05, 0) is 35.9 Å². The highest BCUT2D eigenvalue weighted by Gasteiger charge is 2.16. The van der Waals surface area contributed by atoms with Crippen LogP contribution in [0.25, 0.3) is 0 Å². The number of carbonyl (C=O) groups excluding carboxylic acids is 2. The van der Waals surface area contributed by atoms with Gasteiger partial charge in [-0.1, -0.05) is 36.7 Å². The zero-order chi connectivity index (χ0) is 17.5. The highest BCUT2D eigenvalue weighted by atomic mass is 35.5. The molecule has 0 aromatic heterocycles. The average molecular weight is 342 g/mol. The first-order valence-corrected chi connectivity index (χ1v) is 7.77. The number of nitrogens with one attached hydrogen (secondary N) is 2. The van der Waals surface area contributed by atoms with E-state index in [9.17, 15) is 14.9 Å². The second-order valence-electron chi connectivity index (χ2n) is 5.07. The van der Waals surface area contributed by atoms with Gasteiger partial charge in [0.15, 0.2) is 0 Å². The molecule has 0 saturated carbocycles. The Morgan fingerprint density at radius 2 is 1.96 bits per heavy atom. The third-order valence-electron chi connectivity index (χ3n) is 3.32. The van der Waals surface area contributed by atoms with E-state index < -0.39 is 11.9 Å². The Morgan fingerprint density at radius 1 is 1.21 bits per heavy atom. The van der Waals surface area contributed by atoms with Crippen molar-refractivity contribution in [2.45, 2.75) is 19.4 Å². The van der Waals surface area contributed by atoms with Crippen molar-refractivity contribution >= 4 is 29.1 Å². The summed E-state index contributed by atoms with van der Waals surface area (Å²) >= 11 is 5.92. The summed E-state index contributed by atoms with van der Waals surface area (Å²) in [5.41, 5.74) is 1.49. The molecule has 1 atom stereocenters. The summed E-state index contributed by atoms with van der Waals surface area (Å²) in [6, 6.07) is 14.5. The summed E-state index contributed by atoms with van der Waals surface area (Å²) in [6.45, 7) is 1.74. The Morgan fingerprint density at radius 3 is 2.62 bits per heavy atom. The topological polar surface area (TPSA) is 82.0 Å². The fraction of sp³-hybridized carbons (Fsp3) is 0.167. The van der Waals surface area contributed by atoms with Crippen LogP contribution < -0.4 is 10.6 Å². The van der Waals surface area contributed by atoms with Crippen LogP contribution in [-0.2, 0) is 4.79 Å². The smallest absolute Gasteiger partial charge is 0.252 e. The first kappa shape index (κ1) is 17.5. The number of hydrogen-bond donors (Lipinski definition) is 2. The molecule has 0 unspecified atom stereocenters. The summed E-state index contributed by atoms with van der Waals surface area (Å²) in [7, 11) is 0. The molecule has 2 rings (SSSR count). The molecule has 2 amide bonds. The third-order valence-corrected chi connectivity index (χ3v) is 3.55. The number of carbonyl (C=O) groups is 2. The largest absolute Gasteiger partial charge is 0.332 e. The molecule has 122 valence electrons. The Labute approximate surface area is 145 Å². The first-order chi connectivity index (χ1) is 11.5. The van der Waals surface area contributed by atoms with Crippen LogP contribution in [0.3, 0.4) is 0 Å². The SMILES string of the molecule is CCC(=O)Nc1cccc(C(=O)N[C@H](C#N)c2cccc(Cl)c2)c1. The van der Waals surface area contributed by atoms with Crippen molar-refractivity contribution in [3.63, 3.8) is 0 Å². The third kappa shape index (κ3) is 4.58. The molecule has 6 heteroatoms. The maximum atomic E-state index is 12.4. The van der Waals surface area contributed by atoms with Gasteiger partial charge in [0.1, 0.15) is 6.04 Å². The van der Waals surface area contributed by atoms with Gasteiger partial charge in [0, 0.05) is 22.7 Å². The fourth-order valence-electron chi connectivity index (χ4n) is 2.08.